The van der Waals surface area contributed by atoms with E-state index >= 15 is 0 Å². The molecule has 15 heavy (non-hydrogen) atoms. The zero-order chi connectivity index (χ0) is 11.3. The summed E-state index contributed by atoms with van der Waals surface area (Å²) in [7, 11) is 0. The van der Waals surface area contributed by atoms with Crippen molar-refractivity contribution in [2.45, 2.75) is 26.3 Å². The highest BCUT2D eigenvalue weighted by Gasteiger charge is 2.04. The van der Waals surface area contributed by atoms with Gasteiger partial charge >= 0.3 is 0 Å². The second-order valence-electron chi connectivity index (χ2n) is 3.22. The molecule has 84 valence electrons. The lowest BCUT2D eigenvalue weighted by Gasteiger charge is -2.06. The van der Waals surface area contributed by atoms with Crippen molar-refractivity contribution in [1.82, 2.24) is 10.3 Å². The zero-order valence-corrected chi connectivity index (χ0v) is 11.1. The van der Waals surface area contributed by atoms with Crippen LogP contribution in [0.3, 0.4) is 0 Å². The standard InChI is InChI=1S/C10H14Cl2N2S/c1-3-6-13-7(2)4-5-8-9(11)14-10(12)15-8/h4-5,7,13H,3,6H2,1-2H3/b5-4+. The Morgan fingerprint density at radius 2 is 2.27 bits per heavy atom. The van der Waals surface area contributed by atoms with E-state index in [0.29, 0.717) is 15.7 Å². The van der Waals surface area contributed by atoms with Crippen molar-refractivity contribution in [2.24, 2.45) is 0 Å². The van der Waals surface area contributed by atoms with Crippen LogP contribution in [0, 0.1) is 0 Å². The second-order valence-corrected chi connectivity index (χ2v) is 5.19. The molecule has 0 bridgehead atoms. The maximum atomic E-state index is 5.88. The van der Waals surface area contributed by atoms with Gasteiger partial charge in [-0.1, -0.05) is 36.2 Å². The highest BCUT2D eigenvalue weighted by molar-refractivity contribution is 7.17. The van der Waals surface area contributed by atoms with E-state index in [1.807, 2.05) is 6.08 Å². The van der Waals surface area contributed by atoms with Crippen LogP contribution in [0.25, 0.3) is 6.08 Å². The Hall–Kier alpha value is -0.0900. The lowest BCUT2D eigenvalue weighted by atomic mass is 10.3. The van der Waals surface area contributed by atoms with Gasteiger partial charge in [-0.25, -0.2) is 4.98 Å². The van der Waals surface area contributed by atoms with Crippen LogP contribution in [-0.2, 0) is 0 Å². The van der Waals surface area contributed by atoms with Crippen molar-refractivity contribution in [3.05, 3.63) is 20.6 Å². The minimum Gasteiger partial charge on any atom is -0.311 e. The van der Waals surface area contributed by atoms with E-state index in [2.05, 4.69) is 30.2 Å². The molecule has 1 aromatic heterocycles. The smallest absolute Gasteiger partial charge is 0.185 e. The highest BCUT2D eigenvalue weighted by atomic mass is 35.5. The summed E-state index contributed by atoms with van der Waals surface area (Å²) < 4.78 is 0.480. The number of rotatable bonds is 5. The van der Waals surface area contributed by atoms with Gasteiger partial charge in [-0.15, -0.1) is 11.3 Å². The molecule has 0 aliphatic rings. The summed E-state index contributed by atoms with van der Waals surface area (Å²) in [6.45, 7) is 5.26. The fourth-order valence-electron chi connectivity index (χ4n) is 1.06. The van der Waals surface area contributed by atoms with Crippen LogP contribution in [0.1, 0.15) is 25.1 Å². The van der Waals surface area contributed by atoms with Crippen LogP contribution >= 0.6 is 34.5 Å². The van der Waals surface area contributed by atoms with Gasteiger partial charge in [0, 0.05) is 6.04 Å². The molecule has 0 aromatic carbocycles. The first-order valence-electron chi connectivity index (χ1n) is 4.87. The summed E-state index contributed by atoms with van der Waals surface area (Å²) in [6, 6.07) is 0.335. The van der Waals surface area contributed by atoms with Gasteiger partial charge in [-0.05, 0) is 26.0 Å². The molecule has 0 saturated carbocycles. The number of nitrogens with zero attached hydrogens (tertiary/aromatic N) is 1. The number of hydrogen-bond donors (Lipinski definition) is 1. The van der Waals surface area contributed by atoms with E-state index < -0.39 is 0 Å². The summed E-state index contributed by atoms with van der Waals surface area (Å²) in [5, 5.41) is 3.83. The summed E-state index contributed by atoms with van der Waals surface area (Å²) in [5.74, 6) is 0. The normalized spacial score (nSPS) is 13.6. The molecule has 1 unspecified atom stereocenters. The third kappa shape index (κ3) is 4.51. The Bertz CT molecular complexity index is 336. The molecule has 1 atom stereocenters. The van der Waals surface area contributed by atoms with Crippen molar-refractivity contribution in [3.8, 4) is 0 Å². The Kier molecular flexibility index (Phi) is 5.61. The third-order valence-electron chi connectivity index (χ3n) is 1.84. The Balaban J connectivity index is 2.53. The van der Waals surface area contributed by atoms with E-state index in [0.717, 1.165) is 17.8 Å². The molecule has 1 rings (SSSR count). The van der Waals surface area contributed by atoms with Gasteiger partial charge in [-0.3, -0.25) is 0 Å². The first-order chi connectivity index (χ1) is 7.13. The molecule has 1 heterocycles. The second kappa shape index (κ2) is 6.48. The number of thiazole rings is 1. The molecule has 0 radical (unpaired) electrons. The molecule has 1 N–H and O–H groups in total. The summed E-state index contributed by atoms with van der Waals surface area (Å²) in [5.41, 5.74) is 0. The van der Waals surface area contributed by atoms with Crippen molar-refractivity contribution in [3.63, 3.8) is 0 Å². The van der Waals surface area contributed by atoms with E-state index in [-0.39, 0.29) is 0 Å². The molecule has 0 amide bonds. The SMILES string of the molecule is CCCNC(C)/C=C/c1sc(Cl)nc1Cl. The van der Waals surface area contributed by atoms with Gasteiger partial charge in [0.1, 0.15) is 5.15 Å². The van der Waals surface area contributed by atoms with Crippen LogP contribution in [0.2, 0.25) is 9.62 Å². The molecular weight excluding hydrogens is 251 g/mol. The van der Waals surface area contributed by atoms with Gasteiger partial charge < -0.3 is 5.32 Å². The quantitative estimate of drug-likeness (QED) is 0.874. The molecule has 1 aromatic rings. The monoisotopic (exact) mass is 264 g/mol. The topological polar surface area (TPSA) is 24.9 Å². The van der Waals surface area contributed by atoms with E-state index in [1.54, 1.807) is 0 Å². The van der Waals surface area contributed by atoms with Gasteiger partial charge in [0.2, 0.25) is 0 Å². The zero-order valence-electron chi connectivity index (χ0n) is 8.76. The summed E-state index contributed by atoms with van der Waals surface area (Å²) >= 11 is 13.0. The minimum atomic E-state index is 0.335. The van der Waals surface area contributed by atoms with Crippen molar-refractivity contribution < 1.29 is 0 Å². The maximum Gasteiger partial charge on any atom is 0.185 e. The first-order valence-corrected chi connectivity index (χ1v) is 6.44. The fourth-order valence-corrected chi connectivity index (χ4v) is 2.35. The van der Waals surface area contributed by atoms with Crippen LogP contribution in [0.15, 0.2) is 6.08 Å². The summed E-state index contributed by atoms with van der Waals surface area (Å²) in [4.78, 5) is 4.84. The van der Waals surface area contributed by atoms with Crippen LogP contribution in [0.5, 0.6) is 0 Å². The lowest BCUT2D eigenvalue weighted by Crippen LogP contribution is -2.24. The lowest BCUT2D eigenvalue weighted by molar-refractivity contribution is 0.625. The largest absolute Gasteiger partial charge is 0.311 e. The van der Waals surface area contributed by atoms with Crippen molar-refractivity contribution in [2.75, 3.05) is 6.54 Å². The number of halogens is 2. The van der Waals surface area contributed by atoms with E-state index in [1.165, 1.54) is 11.3 Å². The number of aromatic nitrogens is 1. The molecule has 0 aliphatic heterocycles. The average Bonchev–Trinajstić information content (AvgIpc) is 2.51. The van der Waals surface area contributed by atoms with Crippen LogP contribution in [0.4, 0.5) is 0 Å². The predicted molar refractivity (Wildman–Crippen MR) is 68.9 cm³/mol. The van der Waals surface area contributed by atoms with Crippen molar-refractivity contribution >= 4 is 40.6 Å². The Morgan fingerprint density at radius 1 is 1.53 bits per heavy atom. The van der Waals surface area contributed by atoms with Gasteiger partial charge in [0.05, 0.1) is 4.88 Å². The molecule has 0 fully saturated rings. The highest BCUT2D eigenvalue weighted by Crippen LogP contribution is 2.27. The predicted octanol–water partition coefficient (Wildman–Crippen LogP) is 3.85. The van der Waals surface area contributed by atoms with Crippen molar-refractivity contribution in [1.29, 1.82) is 0 Å². The molecule has 2 nitrogen and oxygen atoms in total. The van der Waals surface area contributed by atoms with Crippen LogP contribution < -0.4 is 5.32 Å². The van der Waals surface area contributed by atoms with Gasteiger partial charge in [-0.2, -0.15) is 0 Å². The summed E-state index contributed by atoms with van der Waals surface area (Å²) in [6.07, 6.45) is 5.15. The molecular formula is C10H14Cl2N2S. The third-order valence-corrected chi connectivity index (χ3v) is 3.36. The fraction of sp³-hybridized carbons (Fsp3) is 0.500. The van der Waals surface area contributed by atoms with Gasteiger partial charge in [0.15, 0.2) is 4.47 Å². The molecule has 0 saturated heterocycles. The molecule has 0 spiro atoms. The van der Waals surface area contributed by atoms with E-state index in [4.69, 9.17) is 23.2 Å². The van der Waals surface area contributed by atoms with Crippen LogP contribution in [-0.4, -0.2) is 17.6 Å². The molecule has 0 aliphatic carbocycles. The first kappa shape index (κ1) is 13.0. The number of nitrogens with one attached hydrogen (secondary N) is 1. The Morgan fingerprint density at radius 3 is 2.80 bits per heavy atom. The van der Waals surface area contributed by atoms with Gasteiger partial charge in [0.25, 0.3) is 0 Å². The average molecular weight is 265 g/mol. The Labute approximate surface area is 104 Å². The molecule has 5 heteroatoms. The minimum absolute atomic E-state index is 0.335. The van der Waals surface area contributed by atoms with E-state index in [9.17, 15) is 0 Å². The maximum absolute atomic E-state index is 5.88. The number of hydrogen-bond acceptors (Lipinski definition) is 3.